The first-order valence-corrected chi connectivity index (χ1v) is 18.1. The molecule has 1 aliphatic rings. The highest BCUT2D eigenvalue weighted by atomic mass is 28.4. The number of hydrogen-bond donors (Lipinski definition) is 0. The lowest BCUT2D eigenvalue weighted by atomic mass is 9.86. The van der Waals surface area contributed by atoms with Gasteiger partial charge in [-0.25, -0.2) is 0 Å². The Hall–Kier alpha value is -2.19. The summed E-state index contributed by atoms with van der Waals surface area (Å²) < 4.78 is 40.9. The highest BCUT2D eigenvalue weighted by molar-refractivity contribution is 6.73. The van der Waals surface area contributed by atoms with E-state index in [0.29, 0.717) is 38.5 Å². The van der Waals surface area contributed by atoms with Crippen molar-refractivity contribution in [2.45, 2.75) is 129 Å². The lowest BCUT2D eigenvalue weighted by molar-refractivity contribution is -0.145. The van der Waals surface area contributed by atoms with E-state index < -0.39 is 26.4 Å². The van der Waals surface area contributed by atoms with Crippen LogP contribution >= 0.6 is 0 Å². The van der Waals surface area contributed by atoms with E-state index in [1.807, 2.05) is 49.4 Å². The number of alkyl halides is 2. The molecule has 0 N–H and O–H groups in total. The van der Waals surface area contributed by atoms with Gasteiger partial charge in [-0.05, 0) is 61.7 Å². The van der Waals surface area contributed by atoms with Gasteiger partial charge >= 0.3 is 11.9 Å². The number of carbonyl (C=O) groups is 3. The first-order valence-electron chi connectivity index (χ1n) is 15.6. The van der Waals surface area contributed by atoms with E-state index in [0.717, 1.165) is 23.7 Å². The lowest BCUT2D eigenvalue weighted by Crippen LogP contribution is -2.42. The number of benzene rings is 1. The molecule has 0 amide bonds. The van der Waals surface area contributed by atoms with Gasteiger partial charge in [-0.1, -0.05) is 76.6 Å². The Labute approximate surface area is 246 Å². The van der Waals surface area contributed by atoms with E-state index in [-0.39, 0.29) is 55.6 Å². The van der Waals surface area contributed by atoms with Crippen LogP contribution in [0.3, 0.4) is 0 Å². The quantitative estimate of drug-likeness (QED) is 0.0656. The van der Waals surface area contributed by atoms with Crippen LogP contribution in [0.2, 0.25) is 18.1 Å². The summed E-state index contributed by atoms with van der Waals surface area (Å²) in [5, 5.41) is 0. The van der Waals surface area contributed by atoms with Gasteiger partial charge in [-0.3, -0.25) is 14.4 Å². The molecule has 0 saturated heterocycles. The van der Waals surface area contributed by atoms with Crippen molar-refractivity contribution in [3.8, 4) is 0 Å². The van der Waals surface area contributed by atoms with Crippen molar-refractivity contribution in [1.82, 2.24) is 0 Å². The third-order valence-electron chi connectivity index (χ3n) is 8.65. The van der Waals surface area contributed by atoms with Crippen LogP contribution in [0.4, 0.5) is 8.78 Å². The Bertz CT molecular complexity index is 969. The maximum Gasteiger partial charge on any atom is 0.306 e. The predicted molar refractivity (Wildman–Crippen MR) is 161 cm³/mol. The average molecular weight is 593 g/mol. The number of esters is 1. The van der Waals surface area contributed by atoms with Crippen LogP contribution in [-0.2, 0) is 30.2 Å². The zero-order valence-electron chi connectivity index (χ0n) is 25.5. The first-order chi connectivity index (χ1) is 19.6. The minimum absolute atomic E-state index is 0.0885. The summed E-state index contributed by atoms with van der Waals surface area (Å²) in [6.45, 7) is 8.46. The van der Waals surface area contributed by atoms with E-state index >= 15 is 0 Å². The van der Waals surface area contributed by atoms with Gasteiger partial charge in [0.05, 0.1) is 6.10 Å². The summed E-state index contributed by atoms with van der Waals surface area (Å²) >= 11 is 0. The number of carbonyl (C=O) groups excluding carboxylic acids is 3. The highest BCUT2D eigenvalue weighted by Gasteiger charge is 2.46. The van der Waals surface area contributed by atoms with Gasteiger partial charge in [-0.15, -0.1) is 0 Å². The predicted octanol–water partition coefficient (Wildman–Crippen LogP) is 8.62. The SMILES string of the molecule is CCCCC(F)(F)C(=O)CC[C@H]1[C@H](O[Si](CC)(CC)CC)CC(=O)[C@@H]1C/C=C\CCCC(=O)OCc1ccccc1. The Morgan fingerprint density at radius 2 is 1.68 bits per heavy atom. The fourth-order valence-corrected chi connectivity index (χ4v) is 8.60. The molecule has 230 valence electrons. The Morgan fingerprint density at radius 3 is 2.32 bits per heavy atom. The van der Waals surface area contributed by atoms with Crippen molar-refractivity contribution in [2.24, 2.45) is 11.8 Å². The number of ketones is 2. The van der Waals surface area contributed by atoms with Crippen molar-refractivity contribution >= 4 is 25.9 Å². The molecule has 0 spiro atoms. The van der Waals surface area contributed by atoms with Crippen molar-refractivity contribution in [1.29, 1.82) is 0 Å². The Balaban J connectivity index is 1.96. The zero-order valence-corrected chi connectivity index (χ0v) is 26.5. The summed E-state index contributed by atoms with van der Waals surface area (Å²) in [4.78, 5) is 37.6. The summed E-state index contributed by atoms with van der Waals surface area (Å²) in [6, 6.07) is 12.3. The van der Waals surface area contributed by atoms with Crippen LogP contribution in [0.15, 0.2) is 42.5 Å². The van der Waals surface area contributed by atoms with Crippen molar-refractivity contribution in [3.05, 3.63) is 48.0 Å². The molecule has 3 atom stereocenters. The van der Waals surface area contributed by atoms with E-state index in [2.05, 4.69) is 20.8 Å². The van der Waals surface area contributed by atoms with Crippen LogP contribution in [0, 0.1) is 11.8 Å². The lowest BCUT2D eigenvalue weighted by Gasteiger charge is -2.35. The third kappa shape index (κ3) is 11.2. The molecular weight excluding hydrogens is 542 g/mol. The number of rotatable bonds is 20. The van der Waals surface area contributed by atoms with Crippen LogP contribution in [0.1, 0.15) is 97.5 Å². The number of allylic oxidation sites excluding steroid dienone is 2. The molecule has 5 nitrogen and oxygen atoms in total. The van der Waals surface area contributed by atoms with Gasteiger partial charge in [0.2, 0.25) is 5.78 Å². The molecule has 1 saturated carbocycles. The second kappa shape index (κ2) is 17.7. The van der Waals surface area contributed by atoms with E-state index in [4.69, 9.17) is 9.16 Å². The smallest absolute Gasteiger partial charge is 0.306 e. The average Bonchev–Trinajstić information content (AvgIpc) is 3.27. The molecule has 1 aliphatic carbocycles. The largest absolute Gasteiger partial charge is 0.461 e. The highest BCUT2D eigenvalue weighted by Crippen LogP contribution is 2.41. The van der Waals surface area contributed by atoms with Crippen molar-refractivity contribution in [2.75, 3.05) is 0 Å². The molecule has 8 heteroatoms. The molecule has 2 rings (SSSR count). The fourth-order valence-electron chi connectivity index (χ4n) is 5.70. The van der Waals surface area contributed by atoms with Crippen LogP contribution < -0.4 is 0 Å². The molecule has 0 unspecified atom stereocenters. The number of ether oxygens (including phenoxy) is 1. The second-order valence-corrected chi connectivity index (χ2v) is 16.1. The topological polar surface area (TPSA) is 69.7 Å². The molecule has 0 aromatic heterocycles. The van der Waals surface area contributed by atoms with Gasteiger partial charge in [0.15, 0.2) is 8.32 Å². The van der Waals surface area contributed by atoms with E-state index in [1.54, 1.807) is 0 Å². The van der Waals surface area contributed by atoms with Gasteiger partial charge in [0.25, 0.3) is 0 Å². The molecule has 0 bridgehead atoms. The van der Waals surface area contributed by atoms with Gasteiger partial charge < -0.3 is 9.16 Å². The fraction of sp³-hybridized carbons (Fsp3) is 0.667. The minimum Gasteiger partial charge on any atom is -0.461 e. The molecule has 1 aromatic carbocycles. The molecule has 0 heterocycles. The summed E-state index contributed by atoms with van der Waals surface area (Å²) in [5.41, 5.74) is 0.946. The summed E-state index contributed by atoms with van der Waals surface area (Å²) in [6.07, 6.45) is 6.49. The Morgan fingerprint density at radius 1 is 1.00 bits per heavy atom. The molecular formula is C33H50F2O5Si. The number of unbranched alkanes of at least 4 members (excludes halogenated alkanes) is 2. The van der Waals surface area contributed by atoms with Gasteiger partial charge in [0, 0.05) is 31.6 Å². The Kier molecular flexibility index (Phi) is 15.1. The van der Waals surface area contributed by atoms with Crippen LogP contribution in [0.5, 0.6) is 0 Å². The number of Topliss-reactive ketones (excluding diaryl/α,β-unsaturated/α-hetero) is 2. The van der Waals surface area contributed by atoms with Gasteiger partial charge in [-0.2, -0.15) is 8.78 Å². The normalized spacial score (nSPS) is 19.7. The maximum absolute atomic E-state index is 14.4. The molecule has 1 aromatic rings. The number of halogens is 2. The first kappa shape index (κ1) is 35.0. The van der Waals surface area contributed by atoms with E-state index in [1.165, 1.54) is 0 Å². The monoisotopic (exact) mass is 592 g/mol. The van der Waals surface area contributed by atoms with Crippen LogP contribution in [0.25, 0.3) is 0 Å². The van der Waals surface area contributed by atoms with Gasteiger partial charge in [0.1, 0.15) is 12.4 Å². The second-order valence-electron chi connectivity index (χ2n) is 11.4. The molecule has 1 fully saturated rings. The third-order valence-corrected chi connectivity index (χ3v) is 13.3. The molecule has 41 heavy (non-hydrogen) atoms. The van der Waals surface area contributed by atoms with Crippen molar-refractivity contribution in [3.63, 3.8) is 0 Å². The molecule has 0 aliphatic heterocycles. The number of hydrogen-bond acceptors (Lipinski definition) is 5. The van der Waals surface area contributed by atoms with Crippen LogP contribution in [-0.4, -0.2) is 37.9 Å². The maximum atomic E-state index is 14.4. The minimum atomic E-state index is -3.32. The van der Waals surface area contributed by atoms with E-state index in [9.17, 15) is 23.2 Å². The molecule has 0 radical (unpaired) electrons. The summed E-state index contributed by atoms with van der Waals surface area (Å²) in [7, 11) is -2.03. The zero-order chi connectivity index (χ0) is 30.3. The van der Waals surface area contributed by atoms with Crippen molar-refractivity contribution < 1.29 is 32.3 Å². The standard InChI is InChI=1S/C33H50F2O5Si/c1-5-9-23-33(34,35)31(37)22-21-28-27(29(36)24-30(28)40-41(6-2,7-3)8-4)19-15-10-11-16-20-32(38)39-25-26-17-13-12-14-18-26/h10,12-15,17-18,27-28,30H,5-9,11,16,19-25H2,1-4H3/b15-10-/t27-,28-,30-/m1/s1. The summed E-state index contributed by atoms with van der Waals surface area (Å²) in [5.74, 6) is -5.09.